The van der Waals surface area contributed by atoms with Gasteiger partial charge in [-0.25, -0.2) is 0 Å². The molecule has 1 aliphatic heterocycles. The van der Waals surface area contributed by atoms with Crippen LogP contribution in [0, 0.1) is 0 Å². The van der Waals surface area contributed by atoms with E-state index in [2.05, 4.69) is 4.72 Å². The Kier molecular flexibility index (Phi) is 5.58. The van der Waals surface area contributed by atoms with Crippen LogP contribution in [0.25, 0.3) is 0 Å². The van der Waals surface area contributed by atoms with E-state index in [-0.39, 0.29) is 6.10 Å². The molecule has 0 radical (unpaired) electrons. The third kappa shape index (κ3) is 4.68. The maximum Gasteiger partial charge on any atom is 0.279 e. The highest BCUT2D eigenvalue weighted by Gasteiger charge is 2.24. The van der Waals surface area contributed by atoms with Crippen LogP contribution in [0.2, 0.25) is 0 Å². The summed E-state index contributed by atoms with van der Waals surface area (Å²) in [6, 6.07) is 0.313. The summed E-state index contributed by atoms with van der Waals surface area (Å²) in [6.45, 7) is 2.06. The van der Waals surface area contributed by atoms with Crippen molar-refractivity contribution in [1.29, 1.82) is 0 Å². The van der Waals surface area contributed by atoms with Gasteiger partial charge in [-0.05, 0) is 38.5 Å². The quantitative estimate of drug-likeness (QED) is 0.685. The summed E-state index contributed by atoms with van der Waals surface area (Å²) >= 11 is 0. The van der Waals surface area contributed by atoms with Gasteiger partial charge < -0.3 is 10.5 Å². The summed E-state index contributed by atoms with van der Waals surface area (Å²) in [7, 11) is -3.29. The van der Waals surface area contributed by atoms with E-state index in [4.69, 9.17) is 10.5 Å². The predicted octanol–water partition coefficient (Wildman–Crippen LogP) is 0.203. The van der Waals surface area contributed by atoms with Crippen LogP contribution < -0.4 is 10.5 Å². The number of nitrogens with two attached hydrogens (primary N) is 1. The SMILES string of the molecule is NC1CCC(OCCNS(=O)(=O)N2CCCC2)CC1. The Hall–Kier alpha value is -0.210. The van der Waals surface area contributed by atoms with Crippen molar-refractivity contribution < 1.29 is 13.2 Å². The van der Waals surface area contributed by atoms with E-state index in [9.17, 15) is 8.42 Å². The number of nitrogens with zero attached hydrogens (tertiary/aromatic N) is 1. The zero-order chi connectivity index (χ0) is 13.7. The molecule has 0 aromatic carbocycles. The lowest BCUT2D eigenvalue weighted by molar-refractivity contribution is 0.0286. The second kappa shape index (κ2) is 6.99. The highest BCUT2D eigenvalue weighted by molar-refractivity contribution is 7.87. The van der Waals surface area contributed by atoms with Gasteiger partial charge in [0.25, 0.3) is 10.2 Å². The fraction of sp³-hybridized carbons (Fsp3) is 1.00. The molecular weight excluding hydrogens is 266 g/mol. The smallest absolute Gasteiger partial charge is 0.279 e. The van der Waals surface area contributed by atoms with E-state index >= 15 is 0 Å². The van der Waals surface area contributed by atoms with Gasteiger partial charge in [0.2, 0.25) is 0 Å². The van der Waals surface area contributed by atoms with Crippen molar-refractivity contribution in [2.45, 2.75) is 50.7 Å². The molecule has 1 saturated carbocycles. The molecule has 0 atom stereocenters. The second-order valence-corrected chi connectivity index (χ2v) is 7.17. The monoisotopic (exact) mass is 291 g/mol. The first-order chi connectivity index (χ1) is 9.08. The van der Waals surface area contributed by atoms with Gasteiger partial charge in [0.15, 0.2) is 0 Å². The van der Waals surface area contributed by atoms with Crippen LogP contribution in [0.1, 0.15) is 38.5 Å². The lowest BCUT2D eigenvalue weighted by Crippen LogP contribution is -2.40. The van der Waals surface area contributed by atoms with Gasteiger partial charge in [-0.15, -0.1) is 0 Å². The highest BCUT2D eigenvalue weighted by atomic mass is 32.2. The van der Waals surface area contributed by atoms with Crippen LogP contribution in [-0.4, -0.2) is 51.1 Å². The second-order valence-electron chi connectivity index (χ2n) is 5.41. The Morgan fingerprint density at radius 2 is 1.79 bits per heavy atom. The van der Waals surface area contributed by atoms with Gasteiger partial charge in [0.1, 0.15) is 0 Å². The van der Waals surface area contributed by atoms with Crippen molar-refractivity contribution in [2.75, 3.05) is 26.2 Å². The van der Waals surface area contributed by atoms with Gasteiger partial charge in [0, 0.05) is 25.7 Å². The number of nitrogens with one attached hydrogen (secondary N) is 1. The van der Waals surface area contributed by atoms with Crippen molar-refractivity contribution >= 4 is 10.2 Å². The molecule has 19 heavy (non-hydrogen) atoms. The van der Waals surface area contributed by atoms with E-state index in [1.165, 1.54) is 4.31 Å². The molecule has 2 aliphatic rings. The summed E-state index contributed by atoms with van der Waals surface area (Å²) in [5, 5.41) is 0. The number of hydrogen-bond acceptors (Lipinski definition) is 4. The summed E-state index contributed by atoms with van der Waals surface area (Å²) in [5.74, 6) is 0. The summed E-state index contributed by atoms with van der Waals surface area (Å²) in [6.07, 6.45) is 6.14. The molecule has 2 rings (SSSR count). The maximum atomic E-state index is 11.9. The van der Waals surface area contributed by atoms with Crippen molar-refractivity contribution in [3.8, 4) is 0 Å². The van der Waals surface area contributed by atoms with Crippen molar-refractivity contribution in [3.63, 3.8) is 0 Å². The van der Waals surface area contributed by atoms with Crippen molar-refractivity contribution in [2.24, 2.45) is 5.73 Å². The first kappa shape index (κ1) is 15.2. The lowest BCUT2D eigenvalue weighted by Gasteiger charge is -2.26. The molecule has 1 aliphatic carbocycles. The number of hydrogen-bond donors (Lipinski definition) is 2. The number of rotatable bonds is 6. The summed E-state index contributed by atoms with van der Waals surface area (Å²) in [5.41, 5.74) is 5.83. The molecule has 0 unspecified atom stereocenters. The standard InChI is InChI=1S/C12H25N3O3S/c13-11-3-5-12(6-4-11)18-10-7-14-19(16,17)15-8-1-2-9-15/h11-12,14H,1-10,13H2. The van der Waals surface area contributed by atoms with Crippen molar-refractivity contribution in [3.05, 3.63) is 0 Å². The van der Waals surface area contributed by atoms with E-state index in [0.29, 0.717) is 32.3 Å². The van der Waals surface area contributed by atoms with Crippen LogP contribution in [0.15, 0.2) is 0 Å². The van der Waals surface area contributed by atoms with Crippen LogP contribution in [0.5, 0.6) is 0 Å². The minimum atomic E-state index is -3.29. The Bertz CT molecular complexity index is 360. The zero-order valence-electron chi connectivity index (χ0n) is 11.4. The lowest BCUT2D eigenvalue weighted by atomic mass is 9.94. The third-order valence-electron chi connectivity index (χ3n) is 3.86. The Labute approximate surface area is 115 Å². The van der Waals surface area contributed by atoms with Gasteiger partial charge in [-0.3, -0.25) is 0 Å². The Morgan fingerprint density at radius 1 is 1.16 bits per heavy atom. The molecule has 2 fully saturated rings. The summed E-state index contributed by atoms with van der Waals surface area (Å²) < 4.78 is 33.5. The molecule has 0 amide bonds. The topological polar surface area (TPSA) is 84.7 Å². The van der Waals surface area contributed by atoms with Gasteiger partial charge in [-0.2, -0.15) is 17.4 Å². The molecule has 0 spiro atoms. The molecule has 0 bridgehead atoms. The minimum Gasteiger partial charge on any atom is -0.377 e. The van der Waals surface area contributed by atoms with E-state index in [1.54, 1.807) is 0 Å². The fourth-order valence-electron chi connectivity index (χ4n) is 2.67. The molecule has 1 heterocycles. The highest BCUT2D eigenvalue weighted by Crippen LogP contribution is 2.19. The zero-order valence-corrected chi connectivity index (χ0v) is 12.2. The molecule has 1 saturated heterocycles. The fourth-order valence-corrected chi connectivity index (χ4v) is 3.93. The van der Waals surface area contributed by atoms with Gasteiger partial charge in [0.05, 0.1) is 12.7 Å². The normalized spacial score (nSPS) is 29.7. The van der Waals surface area contributed by atoms with Gasteiger partial charge >= 0.3 is 0 Å². The van der Waals surface area contributed by atoms with Crippen LogP contribution in [0.4, 0.5) is 0 Å². The molecule has 3 N–H and O–H groups in total. The Morgan fingerprint density at radius 3 is 2.42 bits per heavy atom. The maximum absolute atomic E-state index is 11.9. The van der Waals surface area contributed by atoms with Gasteiger partial charge in [-0.1, -0.05) is 0 Å². The molecule has 7 heteroatoms. The molecule has 0 aromatic rings. The van der Waals surface area contributed by atoms with E-state index < -0.39 is 10.2 Å². The van der Waals surface area contributed by atoms with Crippen LogP contribution in [0.3, 0.4) is 0 Å². The first-order valence-electron chi connectivity index (χ1n) is 7.20. The average Bonchev–Trinajstić information content (AvgIpc) is 2.91. The Balaban J connectivity index is 1.61. The van der Waals surface area contributed by atoms with E-state index in [1.807, 2.05) is 0 Å². The largest absolute Gasteiger partial charge is 0.377 e. The first-order valence-corrected chi connectivity index (χ1v) is 8.64. The van der Waals surface area contributed by atoms with Crippen LogP contribution in [-0.2, 0) is 14.9 Å². The molecule has 0 aromatic heterocycles. The molecule has 6 nitrogen and oxygen atoms in total. The summed E-state index contributed by atoms with van der Waals surface area (Å²) in [4.78, 5) is 0. The molecule has 112 valence electrons. The predicted molar refractivity (Wildman–Crippen MR) is 73.9 cm³/mol. The minimum absolute atomic E-state index is 0.246. The van der Waals surface area contributed by atoms with Crippen molar-refractivity contribution in [1.82, 2.24) is 9.03 Å². The average molecular weight is 291 g/mol. The number of ether oxygens (including phenoxy) is 1. The van der Waals surface area contributed by atoms with Crippen LogP contribution >= 0.6 is 0 Å². The van der Waals surface area contributed by atoms with E-state index in [0.717, 1.165) is 38.5 Å². The molecular formula is C12H25N3O3S. The third-order valence-corrected chi connectivity index (χ3v) is 5.48.